The molecule has 0 fully saturated rings. The number of hydrogen-bond donors (Lipinski definition) is 2. The molecule has 102 valence electrons. The third-order valence-electron chi connectivity index (χ3n) is 1.77. The number of rotatable bonds is 4. The highest BCUT2D eigenvalue weighted by molar-refractivity contribution is 14.0. The number of halogens is 4. The molecule has 0 radical (unpaired) electrons. The van der Waals surface area contributed by atoms with E-state index in [1.165, 1.54) is 12.1 Å². The molecule has 0 saturated heterocycles. The number of nitrogens with two attached hydrogens (primary N) is 2. The van der Waals surface area contributed by atoms with E-state index < -0.39 is 12.8 Å². The summed E-state index contributed by atoms with van der Waals surface area (Å²) in [5, 5.41) is 0. The van der Waals surface area contributed by atoms with Gasteiger partial charge in [-0.25, -0.2) is 4.99 Å². The lowest BCUT2D eigenvalue weighted by molar-refractivity contribution is -0.153. The SMILES string of the molecule is I.NC(N)=NCc1ccc(OCC(F)(F)F)cc1. The highest BCUT2D eigenvalue weighted by atomic mass is 127. The second-order valence-corrected chi connectivity index (χ2v) is 3.29. The summed E-state index contributed by atoms with van der Waals surface area (Å²) in [6, 6.07) is 6.06. The highest BCUT2D eigenvalue weighted by Gasteiger charge is 2.28. The molecule has 0 amide bonds. The van der Waals surface area contributed by atoms with Crippen molar-refractivity contribution in [2.24, 2.45) is 16.5 Å². The van der Waals surface area contributed by atoms with Crippen LogP contribution in [-0.4, -0.2) is 18.7 Å². The van der Waals surface area contributed by atoms with Crippen LogP contribution in [0.15, 0.2) is 29.3 Å². The number of benzene rings is 1. The van der Waals surface area contributed by atoms with E-state index in [9.17, 15) is 13.2 Å². The van der Waals surface area contributed by atoms with Crippen molar-refractivity contribution < 1.29 is 17.9 Å². The van der Waals surface area contributed by atoms with Gasteiger partial charge in [0.15, 0.2) is 12.6 Å². The lowest BCUT2D eigenvalue weighted by Gasteiger charge is -2.09. The van der Waals surface area contributed by atoms with E-state index in [0.29, 0.717) is 0 Å². The Morgan fingerprint density at radius 3 is 2.17 bits per heavy atom. The minimum atomic E-state index is -4.34. The fourth-order valence-electron chi connectivity index (χ4n) is 1.04. The lowest BCUT2D eigenvalue weighted by Crippen LogP contribution is -2.22. The molecule has 0 saturated carbocycles. The van der Waals surface area contributed by atoms with Crippen LogP contribution in [0, 0.1) is 0 Å². The van der Waals surface area contributed by atoms with E-state index in [0.717, 1.165) is 5.56 Å². The Bertz CT molecular complexity index is 388. The largest absolute Gasteiger partial charge is 0.484 e. The first-order chi connectivity index (χ1) is 7.87. The van der Waals surface area contributed by atoms with Crippen LogP contribution in [-0.2, 0) is 6.54 Å². The quantitative estimate of drug-likeness (QED) is 0.481. The zero-order chi connectivity index (χ0) is 12.9. The average Bonchev–Trinajstić information content (AvgIpc) is 2.24. The third kappa shape index (κ3) is 7.20. The van der Waals surface area contributed by atoms with Gasteiger partial charge in [-0.05, 0) is 17.7 Å². The first-order valence-corrected chi connectivity index (χ1v) is 4.71. The minimum Gasteiger partial charge on any atom is -0.484 e. The van der Waals surface area contributed by atoms with Crippen molar-refractivity contribution in [2.45, 2.75) is 12.7 Å². The molecule has 4 nitrogen and oxygen atoms in total. The maximum atomic E-state index is 11.9. The number of alkyl halides is 3. The van der Waals surface area contributed by atoms with Gasteiger partial charge in [0.1, 0.15) is 5.75 Å². The van der Waals surface area contributed by atoms with E-state index in [2.05, 4.69) is 9.73 Å². The summed E-state index contributed by atoms with van der Waals surface area (Å²) in [5.41, 5.74) is 11.1. The Morgan fingerprint density at radius 1 is 1.17 bits per heavy atom. The van der Waals surface area contributed by atoms with Crippen LogP contribution in [0.25, 0.3) is 0 Å². The Balaban J connectivity index is 0.00000289. The molecule has 0 heterocycles. The van der Waals surface area contributed by atoms with Crippen LogP contribution in [0.4, 0.5) is 13.2 Å². The predicted molar refractivity (Wildman–Crippen MR) is 72.9 cm³/mol. The second-order valence-electron chi connectivity index (χ2n) is 3.29. The van der Waals surface area contributed by atoms with Gasteiger partial charge in [0, 0.05) is 0 Å². The molecule has 1 aromatic rings. The molecule has 0 atom stereocenters. The van der Waals surface area contributed by atoms with Crippen LogP contribution < -0.4 is 16.2 Å². The fourth-order valence-corrected chi connectivity index (χ4v) is 1.04. The number of ether oxygens (including phenoxy) is 1. The summed E-state index contributed by atoms with van der Waals surface area (Å²) in [6.45, 7) is -1.03. The van der Waals surface area contributed by atoms with Gasteiger partial charge in [0.2, 0.25) is 0 Å². The van der Waals surface area contributed by atoms with Crippen LogP contribution in [0.1, 0.15) is 5.56 Å². The average molecular weight is 375 g/mol. The molecule has 0 aliphatic carbocycles. The first kappa shape index (κ1) is 16.8. The summed E-state index contributed by atoms with van der Waals surface area (Å²) >= 11 is 0. The number of guanidine groups is 1. The van der Waals surface area contributed by atoms with Gasteiger partial charge < -0.3 is 16.2 Å². The van der Waals surface area contributed by atoms with E-state index in [1.807, 2.05) is 0 Å². The van der Waals surface area contributed by atoms with E-state index >= 15 is 0 Å². The molecular weight excluding hydrogens is 362 g/mol. The molecule has 0 aromatic heterocycles. The predicted octanol–water partition coefficient (Wildman–Crippen LogP) is 2.02. The summed E-state index contributed by atoms with van der Waals surface area (Å²) in [6.07, 6.45) is -4.34. The van der Waals surface area contributed by atoms with Crippen LogP contribution in [0.5, 0.6) is 5.75 Å². The Hall–Kier alpha value is -1.19. The number of hydrogen-bond acceptors (Lipinski definition) is 2. The molecule has 0 unspecified atom stereocenters. The summed E-state index contributed by atoms with van der Waals surface area (Å²) in [5.74, 6) is 0.109. The Kier molecular flexibility index (Phi) is 6.81. The zero-order valence-corrected chi connectivity index (χ0v) is 11.6. The summed E-state index contributed by atoms with van der Waals surface area (Å²) < 4.78 is 40.1. The van der Waals surface area contributed by atoms with Gasteiger partial charge in [-0.3, -0.25) is 0 Å². The van der Waals surface area contributed by atoms with Crippen molar-refractivity contribution in [3.63, 3.8) is 0 Å². The van der Waals surface area contributed by atoms with Crippen LogP contribution in [0.3, 0.4) is 0 Å². The van der Waals surface area contributed by atoms with Crippen molar-refractivity contribution >= 4 is 29.9 Å². The molecule has 1 aromatic carbocycles. The first-order valence-electron chi connectivity index (χ1n) is 4.71. The summed E-state index contributed by atoms with van der Waals surface area (Å²) in [4.78, 5) is 3.76. The highest BCUT2D eigenvalue weighted by Crippen LogP contribution is 2.18. The fraction of sp³-hybridized carbons (Fsp3) is 0.300. The molecule has 0 aliphatic heterocycles. The van der Waals surface area contributed by atoms with Gasteiger partial charge >= 0.3 is 6.18 Å². The van der Waals surface area contributed by atoms with Crippen LogP contribution >= 0.6 is 24.0 Å². The molecule has 18 heavy (non-hydrogen) atoms. The molecule has 4 N–H and O–H groups in total. The molecule has 0 aliphatic rings. The Labute approximate surface area is 119 Å². The number of aliphatic imine (C=N–C) groups is 1. The third-order valence-corrected chi connectivity index (χ3v) is 1.77. The normalized spacial score (nSPS) is 10.4. The van der Waals surface area contributed by atoms with Gasteiger partial charge in [-0.15, -0.1) is 24.0 Å². The van der Waals surface area contributed by atoms with Crippen molar-refractivity contribution in [3.05, 3.63) is 29.8 Å². The van der Waals surface area contributed by atoms with Gasteiger partial charge in [-0.2, -0.15) is 13.2 Å². The maximum absolute atomic E-state index is 11.9. The van der Waals surface area contributed by atoms with Crippen LogP contribution in [0.2, 0.25) is 0 Å². The van der Waals surface area contributed by atoms with Crippen molar-refractivity contribution in [3.8, 4) is 5.75 Å². The molecule has 8 heteroatoms. The smallest absolute Gasteiger partial charge is 0.422 e. The van der Waals surface area contributed by atoms with Crippen molar-refractivity contribution in [2.75, 3.05) is 6.61 Å². The van der Waals surface area contributed by atoms with E-state index in [4.69, 9.17) is 11.5 Å². The molecule has 1 rings (SSSR count). The number of nitrogens with zero attached hydrogens (tertiary/aromatic N) is 1. The van der Waals surface area contributed by atoms with Crippen molar-refractivity contribution in [1.29, 1.82) is 0 Å². The van der Waals surface area contributed by atoms with Gasteiger partial charge in [0.05, 0.1) is 6.54 Å². The maximum Gasteiger partial charge on any atom is 0.422 e. The topological polar surface area (TPSA) is 73.6 Å². The Morgan fingerprint density at radius 2 is 1.72 bits per heavy atom. The standard InChI is InChI=1S/C10H12F3N3O.HI/c11-10(12,13)6-17-8-3-1-7(2-4-8)5-16-9(14)15;/h1-4H,5-6H2,(H4,14,15,16);1H. The molecule has 0 bridgehead atoms. The summed E-state index contributed by atoms with van der Waals surface area (Å²) in [7, 11) is 0. The van der Waals surface area contributed by atoms with E-state index in [1.54, 1.807) is 12.1 Å². The van der Waals surface area contributed by atoms with Gasteiger partial charge in [0.25, 0.3) is 0 Å². The minimum absolute atomic E-state index is 0. The lowest BCUT2D eigenvalue weighted by atomic mass is 10.2. The van der Waals surface area contributed by atoms with Gasteiger partial charge in [-0.1, -0.05) is 12.1 Å². The second kappa shape index (κ2) is 7.29. The monoisotopic (exact) mass is 375 g/mol. The zero-order valence-electron chi connectivity index (χ0n) is 9.28. The molecule has 0 spiro atoms. The van der Waals surface area contributed by atoms with Crippen molar-refractivity contribution in [1.82, 2.24) is 0 Å². The molecular formula is C10H13F3IN3O. The van der Waals surface area contributed by atoms with E-state index in [-0.39, 0.29) is 42.2 Å².